The Kier molecular flexibility index (Phi) is 4.47. The molecule has 0 saturated heterocycles. The van der Waals surface area contributed by atoms with E-state index in [0.29, 0.717) is 12.2 Å². The van der Waals surface area contributed by atoms with Crippen molar-refractivity contribution in [2.45, 2.75) is 13.2 Å². The first-order valence-electron chi connectivity index (χ1n) is 5.91. The quantitative estimate of drug-likeness (QED) is 0.783. The molecule has 1 heterocycles. The van der Waals surface area contributed by atoms with Gasteiger partial charge in [0, 0.05) is 12.7 Å². The first-order chi connectivity index (χ1) is 9.28. The molecule has 0 spiro atoms. The second kappa shape index (κ2) is 6.51. The molecule has 19 heavy (non-hydrogen) atoms. The highest BCUT2D eigenvalue weighted by Gasteiger charge is 2.01. The minimum absolute atomic E-state index is 0.0230. The number of carbonyl (C=O) groups excluding carboxylic acids is 1. The maximum atomic E-state index is 11.6. The van der Waals surface area contributed by atoms with E-state index in [2.05, 4.69) is 15.6 Å². The minimum atomic E-state index is -0.278. The number of hydrogen-bond acceptors (Lipinski definition) is 3. The fourth-order valence-corrected chi connectivity index (χ4v) is 1.56. The van der Waals surface area contributed by atoms with E-state index >= 15 is 0 Å². The number of urea groups is 1. The third-order valence-corrected chi connectivity index (χ3v) is 2.58. The van der Waals surface area contributed by atoms with Gasteiger partial charge in [-0.25, -0.2) is 4.79 Å². The summed E-state index contributed by atoms with van der Waals surface area (Å²) in [6.07, 6.45) is 3.22. The summed E-state index contributed by atoms with van der Waals surface area (Å²) in [4.78, 5) is 15.5. The van der Waals surface area contributed by atoms with Gasteiger partial charge in [-0.3, -0.25) is 4.98 Å². The fraction of sp³-hybridized carbons (Fsp3) is 0.143. The van der Waals surface area contributed by atoms with Crippen LogP contribution in [0.1, 0.15) is 11.1 Å². The van der Waals surface area contributed by atoms with Crippen LogP contribution in [0.25, 0.3) is 0 Å². The first kappa shape index (κ1) is 13.0. The number of benzene rings is 1. The molecule has 0 aliphatic heterocycles. The van der Waals surface area contributed by atoms with Crippen molar-refractivity contribution in [1.82, 2.24) is 10.3 Å². The number of amides is 2. The van der Waals surface area contributed by atoms with Crippen LogP contribution >= 0.6 is 0 Å². The van der Waals surface area contributed by atoms with E-state index in [1.807, 2.05) is 24.3 Å². The lowest BCUT2D eigenvalue weighted by molar-refractivity contribution is 0.251. The van der Waals surface area contributed by atoms with E-state index in [4.69, 9.17) is 5.11 Å². The summed E-state index contributed by atoms with van der Waals surface area (Å²) in [6.45, 7) is 0.451. The molecule has 98 valence electrons. The van der Waals surface area contributed by atoms with Gasteiger partial charge >= 0.3 is 6.03 Å². The molecule has 5 nitrogen and oxygen atoms in total. The number of nitrogens with one attached hydrogen (secondary N) is 2. The molecule has 0 bridgehead atoms. The van der Waals surface area contributed by atoms with E-state index < -0.39 is 0 Å². The smallest absolute Gasteiger partial charge is 0.319 e. The number of aromatic nitrogens is 1. The molecular weight excluding hydrogens is 242 g/mol. The summed E-state index contributed by atoms with van der Waals surface area (Å²) < 4.78 is 0. The molecule has 3 N–H and O–H groups in total. The normalized spacial score (nSPS) is 9.95. The zero-order valence-electron chi connectivity index (χ0n) is 10.3. The van der Waals surface area contributed by atoms with Gasteiger partial charge in [-0.15, -0.1) is 0 Å². The number of anilines is 1. The van der Waals surface area contributed by atoms with Gasteiger partial charge in [0.25, 0.3) is 0 Å². The average Bonchev–Trinajstić information content (AvgIpc) is 2.47. The van der Waals surface area contributed by atoms with Crippen LogP contribution < -0.4 is 10.6 Å². The van der Waals surface area contributed by atoms with Gasteiger partial charge in [0.1, 0.15) is 0 Å². The lowest BCUT2D eigenvalue weighted by Gasteiger charge is -2.07. The molecule has 1 aromatic carbocycles. The number of pyridine rings is 1. The topological polar surface area (TPSA) is 74.2 Å². The first-order valence-corrected chi connectivity index (χ1v) is 5.91. The summed E-state index contributed by atoms with van der Waals surface area (Å²) in [5.74, 6) is 0. The van der Waals surface area contributed by atoms with Gasteiger partial charge < -0.3 is 15.7 Å². The van der Waals surface area contributed by atoms with Crippen LogP contribution in [-0.4, -0.2) is 16.1 Å². The van der Waals surface area contributed by atoms with Crippen molar-refractivity contribution in [3.05, 3.63) is 59.9 Å². The van der Waals surface area contributed by atoms with Gasteiger partial charge in [0.2, 0.25) is 0 Å². The molecule has 2 amide bonds. The van der Waals surface area contributed by atoms with Crippen LogP contribution in [0.2, 0.25) is 0 Å². The highest BCUT2D eigenvalue weighted by atomic mass is 16.3. The SMILES string of the molecule is O=C(NCc1ccc(CO)cc1)Nc1cccnc1. The summed E-state index contributed by atoms with van der Waals surface area (Å²) in [5, 5.41) is 14.4. The summed E-state index contributed by atoms with van der Waals surface area (Å²) in [5.41, 5.74) is 2.47. The van der Waals surface area contributed by atoms with Crippen LogP contribution in [0.15, 0.2) is 48.8 Å². The second-order valence-electron chi connectivity index (χ2n) is 4.02. The number of carbonyl (C=O) groups is 1. The Morgan fingerprint density at radius 2 is 1.89 bits per heavy atom. The Morgan fingerprint density at radius 1 is 1.16 bits per heavy atom. The predicted octanol–water partition coefficient (Wildman–Crippen LogP) is 1.90. The van der Waals surface area contributed by atoms with Crippen LogP contribution in [0.5, 0.6) is 0 Å². The zero-order valence-corrected chi connectivity index (χ0v) is 10.3. The largest absolute Gasteiger partial charge is 0.392 e. The molecule has 0 fully saturated rings. The molecule has 0 radical (unpaired) electrons. The molecule has 2 aromatic rings. The molecule has 0 aliphatic rings. The van der Waals surface area contributed by atoms with Crippen molar-refractivity contribution in [3.8, 4) is 0 Å². The van der Waals surface area contributed by atoms with E-state index in [1.54, 1.807) is 24.5 Å². The second-order valence-corrected chi connectivity index (χ2v) is 4.02. The summed E-state index contributed by atoms with van der Waals surface area (Å²) in [6, 6.07) is 10.6. The van der Waals surface area contributed by atoms with Crippen molar-refractivity contribution >= 4 is 11.7 Å². The van der Waals surface area contributed by atoms with Gasteiger partial charge in [-0.05, 0) is 23.3 Å². The van der Waals surface area contributed by atoms with Crippen molar-refractivity contribution < 1.29 is 9.90 Å². The third kappa shape index (κ3) is 4.08. The van der Waals surface area contributed by atoms with Crippen molar-refractivity contribution in [2.24, 2.45) is 0 Å². The number of aliphatic hydroxyl groups is 1. The van der Waals surface area contributed by atoms with E-state index in [0.717, 1.165) is 11.1 Å². The Hall–Kier alpha value is -2.40. The van der Waals surface area contributed by atoms with E-state index in [1.165, 1.54) is 0 Å². The Morgan fingerprint density at radius 3 is 2.53 bits per heavy atom. The van der Waals surface area contributed by atoms with E-state index in [9.17, 15) is 4.79 Å². The highest BCUT2D eigenvalue weighted by Crippen LogP contribution is 2.05. The molecule has 0 atom stereocenters. The molecular formula is C14H15N3O2. The van der Waals surface area contributed by atoms with Gasteiger partial charge in [-0.2, -0.15) is 0 Å². The number of aliphatic hydroxyl groups excluding tert-OH is 1. The lowest BCUT2D eigenvalue weighted by atomic mass is 10.1. The average molecular weight is 257 g/mol. The Balaban J connectivity index is 1.83. The highest BCUT2D eigenvalue weighted by molar-refractivity contribution is 5.88. The number of rotatable bonds is 4. The maximum Gasteiger partial charge on any atom is 0.319 e. The minimum Gasteiger partial charge on any atom is -0.392 e. The lowest BCUT2D eigenvalue weighted by Crippen LogP contribution is -2.28. The van der Waals surface area contributed by atoms with Crippen molar-refractivity contribution in [3.63, 3.8) is 0 Å². The standard InChI is InChI=1S/C14H15N3O2/c18-10-12-5-3-11(4-6-12)8-16-14(19)17-13-2-1-7-15-9-13/h1-7,9,18H,8,10H2,(H2,16,17,19). The summed E-state index contributed by atoms with van der Waals surface area (Å²) >= 11 is 0. The zero-order chi connectivity index (χ0) is 13.5. The van der Waals surface area contributed by atoms with Crippen molar-refractivity contribution in [1.29, 1.82) is 0 Å². The van der Waals surface area contributed by atoms with Gasteiger partial charge in [0.15, 0.2) is 0 Å². The van der Waals surface area contributed by atoms with Gasteiger partial charge in [-0.1, -0.05) is 24.3 Å². The van der Waals surface area contributed by atoms with E-state index in [-0.39, 0.29) is 12.6 Å². The number of hydrogen-bond donors (Lipinski definition) is 3. The monoisotopic (exact) mass is 257 g/mol. The van der Waals surface area contributed by atoms with Crippen LogP contribution in [0.4, 0.5) is 10.5 Å². The molecule has 0 aliphatic carbocycles. The molecule has 0 saturated carbocycles. The number of nitrogens with zero attached hydrogens (tertiary/aromatic N) is 1. The Bertz CT molecular complexity index is 526. The Labute approximate surface area is 111 Å². The third-order valence-electron chi connectivity index (χ3n) is 2.58. The van der Waals surface area contributed by atoms with Crippen LogP contribution in [0, 0.1) is 0 Å². The predicted molar refractivity (Wildman–Crippen MR) is 72.5 cm³/mol. The molecule has 5 heteroatoms. The van der Waals surface area contributed by atoms with Crippen LogP contribution in [-0.2, 0) is 13.2 Å². The maximum absolute atomic E-state index is 11.6. The van der Waals surface area contributed by atoms with Crippen LogP contribution in [0.3, 0.4) is 0 Å². The van der Waals surface area contributed by atoms with Gasteiger partial charge in [0.05, 0.1) is 18.5 Å². The summed E-state index contributed by atoms with van der Waals surface area (Å²) in [7, 11) is 0. The molecule has 0 unspecified atom stereocenters. The fourth-order valence-electron chi connectivity index (χ4n) is 1.56. The van der Waals surface area contributed by atoms with Crippen molar-refractivity contribution in [2.75, 3.05) is 5.32 Å². The molecule has 2 rings (SSSR count). The molecule has 1 aromatic heterocycles.